The summed E-state index contributed by atoms with van der Waals surface area (Å²) < 4.78 is 5.18. The van der Waals surface area contributed by atoms with Crippen LogP contribution in [0.15, 0.2) is 54.6 Å². The maximum atomic E-state index is 11.9. The molecule has 2 aromatic rings. The van der Waals surface area contributed by atoms with Crippen molar-refractivity contribution in [2.24, 2.45) is 5.73 Å². The van der Waals surface area contributed by atoms with Crippen LogP contribution in [0.5, 0.6) is 0 Å². The van der Waals surface area contributed by atoms with E-state index in [-0.39, 0.29) is 0 Å². The Morgan fingerprint density at radius 3 is 2.08 bits per heavy atom. The zero-order chi connectivity index (χ0) is 18.4. The van der Waals surface area contributed by atoms with Crippen molar-refractivity contribution < 1.29 is 14.3 Å². The number of hydrogen-bond acceptors (Lipinski definition) is 3. The topological polar surface area (TPSA) is 81.4 Å². The molecule has 0 heterocycles. The molecular weight excluding hydrogens is 316 g/mol. The van der Waals surface area contributed by atoms with Gasteiger partial charge in [0.2, 0.25) is 5.91 Å². The molecule has 2 amide bonds. The van der Waals surface area contributed by atoms with Crippen molar-refractivity contribution in [2.45, 2.75) is 38.8 Å². The van der Waals surface area contributed by atoms with Crippen LogP contribution in [0.4, 0.5) is 4.79 Å². The first-order chi connectivity index (χ1) is 11.7. The van der Waals surface area contributed by atoms with Gasteiger partial charge >= 0.3 is 6.09 Å². The lowest BCUT2D eigenvalue weighted by molar-refractivity contribution is -0.120. The zero-order valence-electron chi connectivity index (χ0n) is 14.8. The summed E-state index contributed by atoms with van der Waals surface area (Å²) in [6.07, 6.45) is -0.346. The number of amides is 2. The first-order valence-electron chi connectivity index (χ1n) is 8.18. The number of rotatable bonds is 5. The summed E-state index contributed by atoms with van der Waals surface area (Å²) in [5, 5.41) is 2.53. The van der Waals surface area contributed by atoms with Crippen molar-refractivity contribution in [3.05, 3.63) is 60.2 Å². The van der Waals surface area contributed by atoms with E-state index in [1.165, 1.54) is 0 Å². The largest absolute Gasteiger partial charge is 0.444 e. The lowest BCUT2D eigenvalue weighted by Crippen LogP contribution is -2.47. The highest BCUT2D eigenvalue weighted by atomic mass is 16.6. The van der Waals surface area contributed by atoms with Gasteiger partial charge in [-0.3, -0.25) is 4.79 Å². The van der Waals surface area contributed by atoms with Crippen LogP contribution in [-0.2, 0) is 16.0 Å². The minimum Gasteiger partial charge on any atom is -0.444 e. The number of nitrogens with two attached hydrogens (primary N) is 1. The van der Waals surface area contributed by atoms with E-state index in [2.05, 4.69) is 5.32 Å². The van der Waals surface area contributed by atoms with E-state index in [4.69, 9.17) is 10.5 Å². The monoisotopic (exact) mass is 340 g/mol. The number of hydrogen-bond donors (Lipinski definition) is 2. The third-order valence-electron chi connectivity index (χ3n) is 3.54. The summed E-state index contributed by atoms with van der Waals surface area (Å²) in [5.41, 5.74) is 7.88. The molecule has 0 aliphatic heterocycles. The lowest BCUT2D eigenvalue weighted by Gasteiger charge is -2.22. The van der Waals surface area contributed by atoms with E-state index < -0.39 is 23.6 Å². The average Bonchev–Trinajstić information content (AvgIpc) is 2.54. The van der Waals surface area contributed by atoms with E-state index in [1.54, 1.807) is 20.8 Å². The van der Waals surface area contributed by atoms with Gasteiger partial charge < -0.3 is 15.8 Å². The highest BCUT2D eigenvalue weighted by Gasteiger charge is 2.22. The Kier molecular flexibility index (Phi) is 5.80. The first kappa shape index (κ1) is 18.5. The van der Waals surface area contributed by atoms with Crippen molar-refractivity contribution >= 4 is 12.0 Å². The summed E-state index contributed by atoms with van der Waals surface area (Å²) in [6, 6.07) is 17.0. The molecule has 0 aromatic heterocycles. The Labute approximate surface area is 148 Å². The smallest absolute Gasteiger partial charge is 0.408 e. The van der Waals surface area contributed by atoms with E-state index in [0.717, 1.165) is 16.7 Å². The third kappa shape index (κ3) is 5.95. The Morgan fingerprint density at radius 1 is 1.00 bits per heavy atom. The normalized spacial score (nSPS) is 12.3. The van der Waals surface area contributed by atoms with Crippen LogP contribution in [0.25, 0.3) is 11.1 Å². The number of carbonyl (C=O) groups is 2. The molecule has 0 bridgehead atoms. The molecule has 25 heavy (non-hydrogen) atoms. The molecule has 0 unspecified atom stereocenters. The highest BCUT2D eigenvalue weighted by Crippen LogP contribution is 2.19. The number of ether oxygens (including phenoxy) is 1. The van der Waals surface area contributed by atoms with Gasteiger partial charge in [-0.05, 0) is 37.5 Å². The van der Waals surface area contributed by atoms with E-state index in [1.807, 2.05) is 54.6 Å². The first-order valence-corrected chi connectivity index (χ1v) is 8.18. The van der Waals surface area contributed by atoms with Crippen molar-refractivity contribution in [3.8, 4) is 11.1 Å². The quantitative estimate of drug-likeness (QED) is 0.876. The number of alkyl carbamates (subject to hydrolysis) is 1. The van der Waals surface area contributed by atoms with Crippen LogP contribution in [-0.4, -0.2) is 23.6 Å². The fourth-order valence-electron chi connectivity index (χ4n) is 2.37. The van der Waals surface area contributed by atoms with Crippen LogP contribution >= 0.6 is 0 Å². The van der Waals surface area contributed by atoms with Gasteiger partial charge in [0.25, 0.3) is 0 Å². The summed E-state index contributed by atoms with van der Waals surface area (Å²) in [7, 11) is 0. The summed E-state index contributed by atoms with van der Waals surface area (Å²) in [4.78, 5) is 23.5. The van der Waals surface area contributed by atoms with E-state index in [9.17, 15) is 9.59 Å². The number of primary amides is 1. The third-order valence-corrected chi connectivity index (χ3v) is 3.54. The standard InChI is InChI=1S/C20H24N2O3/c1-20(2,3)25-19(24)22-17(18(21)23)13-14-9-11-16(12-10-14)15-7-5-4-6-8-15/h4-12,17H,13H2,1-3H3,(H2,21,23)(H,22,24)/t17-/m0/s1. The predicted molar refractivity (Wildman–Crippen MR) is 97.9 cm³/mol. The minimum atomic E-state index is -0.822. The fraction of sp³-hybridized carbons (Fsp3) is 0.300. The van der Waals surface area contributed by atoms with Gasteiger partial charge in [0, 0.05) is 6.42 Å². The van der Waals surface area contributed by atoms with Gasteiger partial charge in [0.1, 0.15) is 11.6 Å². The Bertz CT molecular complexity index is 719. The van der Waals surface area contributed by atoms with Gasteiger partial charge in [0.15, 0.2) is 0 Å². The van der Waals surface area contributed by atoms with Gasteiger partial charge in [0.05, 0.1) is 0 Å². The molecule has 5 nitrogen and oxygen atoms in total. The lowest BCUT2D eigenvalue weighted by atomic mass is 10.0. The molecule has 0 aliphatic rings. The molecule has 5 heteroatoms. The number of benzene rings is 2. The molecule has 0 saturated carbocycles. The summed E-state index contributed by atoms with van der Waals surface area (Å²) in [5.74, 6) is -0.599. The second kappa shape index (κ2) is 7.83. The van der Waals surface area contributed by atoms with Crippen molar-refractivity contribution in [2.75, 3.05) is 0 Å². The van der Waals surface area contributed by atoms with Gasteiger partial charge in [-0.15, -0.1) is 0 Å². The van der Waals surface area contributed by atoms with Crippen molar-refractivity contribution in [3.63, 3.8) is 0 Å². The molecule has 0 aliphatic carbocycles. The molecule has 2 rings (SSSR count). The van der Waals surface area contributed by atoms with Crippen LogP contribution in [0.1, 0.15) is 26.3 Å². The molecule has 2 aromatic carbocycles. The summed E-state index contributed by atoms with van der Waals surface area (Å²) in [6.45, 7) is 5.27. The predicted octanol–water partition coefficient (Wildman–Crippen LogP) is 3.27. The molecular formula is C20H24N2O3. The second-order valence-corrected chi connectivity index (χ2v) is 6.87. The molecule has 1 atom stereocenters. The summed E-state index contributed by atoms with van der Waals surface area (Å²) >= 11 is 0. The Morgan fingerprint density at radius 2 is 1.56 bits per heavy atom. The number of carbonyl (C=O) groups excluding carboxylic acids is 2. The Balaban J connectivity index is 2.04. The second-order valence-electron chi connectivity index (χ2n) is 6.87. The fourth-order valence-corrected chi connectivity index (χ4v) is 2.37. The average molecular weight is 340 g/mol. The van der Waals surface area contributed by atoms with Crippen molar-refractivity contribution in [1.29, 1.82) is 0 Å². The van der Waals surface area contributed by atoms with Gasteiger partial charge in [-0.2, -0.15) is 0 Å². The van der Waals surface area contributed by atoms with Crippen LogP contribution in [0.2, 0.25) is 0 Å². The molecule has 0 spiro atoms. The Hall–Kier alpha value is -2.82. The molecule has 132 valence electrons. The maximum absolute atomic E-state index is 11.9. The van der Waals surface area contributed by atoms with Crippen LogP contribution in [0, 0.1) is 0 Å². The maximum Gasteiger partial charge on any atom is 0.408 e. The van der Waals surface area contributed by atoms with Crippen LogP contribution in [0.3, 0.4) is 0 Å². The molecule has 3 N–H and O–H groups in total. The SMILES string of the molecule is CC(C)(C)OC(=O)N[C@@H](Cc1ccc(-c2ccccc2)cc1)C(N)=O. The van der Waals surface area contributed by atoms with Crippen LogP contribution < -0.4 is 11.1 Å². The van der Waals surface area contributed by atoms with E-state index >= 15 is 0 Å². The number of nitrogens with one attached hydrogen (secondary N) is 1. The van der Waals surface area contributed by atoms with Crippen molar-refractivity contribution in [1.82, 2.24) is 5.32 Å². The van der Waals surface area contributed by atoms with E-state index in [0.29, 0.717) is 6.42 Å². The highest BCUT2D eigenvalue weighted by molar-refractivity contribution is 5.84. The zero-order valence-corrected chi connectivity index (χ0v) is 14.8. The van der Waals surface area contributed by atoms with Gasteiger partial charge in [-0.1, -0.05) is 54.6 Å². The van der Waals surface area contributed by atoms with Gasteiger partial charge in [-0.25, -0.2) is 4.79 Å². The minimum absolute atomic E-state index is 0.309. The molecule has 0 fully saturated rings. The molecule has 0 radical (unpaired) electrons. The molecule has 0 saturated heterocycles.